The van der Waals surface area contributed by atoms with Gasteiger partial charge in [-0.05, 0) is 46.2 Å². The van der Waals surface area contributed by atoms with Crippen LogP contribution in [0.3, 0.4) is 0 Å². The number of hydrogen-bond acceptors (Lipinski definition) is 4. The summed E-state index contributed by atoms with van der Waals surface area (Å²) in [6.45, 7) is 7.07. The van der Waals surface area contributed by atoms with E-state index in [0.29, 0.717) is 19.3 Å². The van der Waals surface area contributed by atoms with Crippen molar-refractivity contribution in [2.75, 3.05) is 26.2 Å². The molecule has 1 fully saturated rings. The monoisotopic (exact) mass is 244 g/mol. The van der Waals surface area contributed by atoms with Crippen molar-refractivity contribution in [2.45, 2.75) is 45.3 Å². The average molecular weight is 244 g/mol. The summed E-state index contributed by atoms with van der Waals surface area (Å²) in [7, 11) is 0. The van der Waals surface area contributed by atoms with Crippen LogP contribution in [0.4, 0.5) is 4.79 Å². The summed E-state index contributed by atoms with van der Waals surface area (Å²) in [5, 5.41) is 5.99. The Morgan fingerprint density at radius 1 is 1.41 bits per heavy atom. The van der Waals surface area contributed by atoms with Crippen molar-refractivity contribution in [3.05, 3.63) is 0 Å². The first kappa shape index (κ1) is 14.3. The third kappa shape index (κ3) is 7.18. The van der Waals surface area contributed by atoms with Gasteiger partial charge in [0, 0.05) is 13.2 Å². The van der Waals surface area contributed by atoms with E-state index in [0.717, 1.165) is 32.4 Å². The number of alkyl carbamates (subject to hydrolysis) is 1. The van der Waals surface area contributed by atoms with Crippen LogP contribution in [0.1, 0.15) is 33.1 Å². The van der Waals surface area contributed by atoms with E-state index in [4.69, 9.17) is 9.47 Å². The largest absolute Gasteiger partial charge is 0.447 e. The van der Waals surface area contributed by atoms with Crippen molar-refractivity contribution < 1.29 is 14.3 Å². The minimum Gasteiger partial charge on any atom is -0.447 e. The molecular weight excluding hydrogens is 220 g/mol. The molecule has 0 bridgehead atoms. The molecule has 0 unspecified atom stereocenters. The van der Waals surface area contributed by atoms with E-state index in [2.05, 4.69) is 10.6 Å². The van der Waals surface area contributed by atoms with Gasteiger partial charge >= 0.3 is 6.09 Å². The molecule has 0 radical (unpaired) electrons. The van der Waals surface area contributed by atoms with Crippen LogP contribution in [0.15, 0.2) is 0 Å². The predicted octanol–water partition coefficient (Wildman–Crippen LogP) is 1.28. The number of rotatable bonds is 6. The molecule has 17 heavy (non-hydrogen) atoms. The number of carbonyl (C=O) groups is 1. The third-order valence-electron chi connectivity index (χ3n) is 2.57. The molecule has 0 aromatic heterocycles. The van der Waals surface area contributed by atoms with E-state index in [1.54, 1.807) is 0 Å². The Balaban J connectivity index is 1.91. The Bertz CT molecular complexity index is 216. The lowest BCUT2D eigenvalue weighted by atomic mass is 10.1. The van der Waals surface area contributed by atoms with Crippen molar-refractivity contribution in [1.82, 2.24) is 10.6 Å². The van der Waals surface area contributed by atoms with Crippen LogP contribution >= 0.6 is 0 Å². The molecule has 2 N–H and O–H groups in total. The quantitative estimate of drug-likeness (QED) is 0.691. The number of carbonyl (C=O) groups excluding carboxylic acids is 1. The highest BCUT2D eigenvalue weighted by Gasteiger charge is 2.12. The Morgan fingerprint density at radius 3 is 2.76 bits per heavy atom. The molecule has 0 aliphatic carbocycles. The molecule has 1 amide bonds. The lowest BCUT2D eigenvalue weighted by Crippen LogP contribution is -2.33. The van der Waals surface area contributed by atoms with Crippen LogP contribution < -0.4 is 10.6 Å². The lowest BCUT2D eigenvalue weighted by molar-refractivity contribution is 0.0315. The lowest BCUT2D eigenvalue weighted by Gasteiger charge is -2.22. The van der Waals surface area contributed by atoms with Gasteiger partial charge in [-0.15, -0.1) is 0 Å². The summed E-state index contributed by atoms with van der Waals surface area (Å²) < 4.78 is 10.7. The Morgan fingerprint density at radius 2 is 2.12 bits per heavy atom. The number of ether oxygens (including phenoxy) is 2. The van der Waals surface area contributed by atoms with Crippen molar-refractivity contribution in [3.8, 4) is 0 Å². The molecule has 1 aliphatic heterocycles. The van der Waals surface area contributed by atoms with Crippen LogP contribution in [0, 0.1) is 0 Å². The first-order valence-electron chi connectivity index (χ1n) is 6.45. The fourth-order valence-electron chi connectivity index (χ4n) is 1.73. The summed E-state index contributed by atoms with van der Waals surface area (Å²) >= 11 is 0. The maximum absolute atomic E-state index is 11.1. The fourth-order valence-corrected chi connectivity index (χ4v) is 1.73. The molecule has 1 saturated heterocycles. The molecule has 1 rings (SSSR count). The molecular formula is C12H24N2O3. The number of amides is 1. The minimum atomic E-state index is -0.345. The molecule has 0 aromatic carbocycles. The average Bonchev–Trinajstić information content (AvgIpc) is 2.29. The standard InChI is InChI=1S/C12H24N2O3/c1-10(2)17-12(15)14-6-3-9-16-11-4-7-13-8-5-11/h10-11,13H,3-9H2,1-2H3,(H,14,15). The summed E-state index contributed by atoms with van der Waals surface area (Å²) in [5.41, 5.74) is 0. The van der Waals surface area contributed by atoms with Crippen molar-refractivity contribution in [3.63, 3.8) is 0 Å². The zero-order valence-electron chi connectivity index (χ0n) is 10.8. The maximum atomic E-state index is 11.1. The number of nitrogens with one attached hydrogen (secondary N) is 2. The first-order valence-corrected chi connectivity index (χ1v) is 6.45. The van der Waals surface area contributed by atoms with Crippen molar-refractivity contribution in [2.24, 2.45) is 0 Å². The van der Waals surface area contributed by atoms with E-state index in [1.807, 2.05) is 13.8 Å². The molecule has 5 nitrogen and oxygen atoms in total. The summed E-state index contributed by atoms with van der Waals surface area (Å²) in [6, 6.07) is 0. The van der Waals surface area contributed by atoms with Crippen LogP contribution in [-0.4, -0.2) is 44.5 Å². The van der Waals surface area contributed by atoms with Gasteiger partial charge in [-0.1, -0.05) is 0 Å². The van der Waals surface area contributed by atoms with Gasteiger partial charge in [-0.2, -0.15) is 0 Å². The maximum Gasteiger partial charge on any atom is 0.407 e. The van der Waals surface area contributed by atoms with Gasteiger partial charge in [0.15, 0.2) is 0 Å². The Labute approximate surface area is 103 Å². The molecule has 5 heteroatoms. The van der Waals surface area contributed by atoms with Gasteiger partial charge in [0.05, 0.1) is 12.2 Å². The van der Waals surface area contributed by atoms with Crippen LogP contribution in [-0.2, 0) is 9.47 Å². The van der Waals surface area contributed by atoms with Gasteiger partial charge in [0.1, 0.15) is 0 Å². The van der Waals surface area contributed by atoms with E-state index in [-0.39, 0.29) is 12.2 Å². The molecule has 0 saturated carbocycles. The van der Waals surface area contributed by atoms with Gasteiger partial charge in [-0.25, -0.2) is 4.79 Å². The summed E-state index contributed by atoms with van der Waals surface area (Å²) in [5.74, 6) is 0. The minimum absolute atomic E-state index is 0.0685. The predicted molar refractivity (Wildman–Crippen MR) is 66.1 cm³/mol. The topological polar surface area (TPSA) is 59.6 Å². The number of hydrogen-bond donors (Lipinski definition) is 2. The van der Waals surface area contributed by atoms with E-state index in [1.165, 1.54) is 0 Å². The molecule has 0 aromatic rings. The molecule has 1 heterocycles. The highest BCUT2D eigenvalue weighted by molar-refractivity contribution is 5.67. The van der Waals surface area contributed by atoms with Crippen molar-refractivity contribution in [1.29, 1.82) is 0 Å². The van der Waals surface area contributed by atoms with Gasteiger partial charge in [0.25, 0.3) is 0 Å². The second kappa shape index (κ2) is 8.31. The number of piperidine rings is 1. The molecule has 0 atom stereocenters. The van der Waals surface area contributed by atoms with Crippen LogP contribution in [0.2, 0.25) is 0 Å². The smallest absolute Gasteiger partial charge is 0.407 e. The van der Waals surface area contributed by atoms with E-state index in [9.17, 15) is 4.79 Å². The Hall–Kier alpha value is -0.810. The van der Waals surface area contributed by atoms with E-state index < -0.39 is 0 Å². The normalized spacial score (nSPS) is 17.1. The summed E-state index contributed by atoms with van der Waals surface area (Å²) in [4.78, 5) is 11.1. The van der Waals surface area contributed by atoms with Crippen LogP contribution in [0.5, 0.6) is 0 Å². The molecule has 1 aliphatic rings. The van der Waals surface area contributed by atoms with Gasteiger partial charge in [-0.3, -0.25) is 0 Å². The molecule has 100 valence electrons. The molecule has 0 spiro atoms. The zero-order chi connectivity index (χ0) is 12.5. The summed E-state index contributed by atoms with van der Waals surface area (Å²) in [6.07, 6.45) is 2.98. The van der Waals surface area contributed by atoms with Gasteiger partial charge in [0.2, 0.25) is 0 Å². The Kier molecular flexibility index (Phi) is 6.96. The second-order valence-electron chi connectivity index (χ2n) is 4.55. The second-order valence-corrected chi connectivity index (χ2v) is 4.55. The zero-order valence-corrected chi connectivity index (χ0v) is 10.8. The highest BCUT2D eigenvalue weighted by Crippen LogP contribution is 2.06. The third-order valence-corrected chi connectivity index (χ3v) is 2.57. The first-order chi connectivity index (χ1) is 8.18. The van der Waals surface area contributed by atoms with Gasteiger partial charge < -0.3 is 20.1 Å². The highest BCUT2D eigenvalue weighted by atomic mass is 16.6. The SMILES string of the molecule is CC(C)OC(=O)NCCCOC1CCNCC1. The fraction of sp³-hybridized carbons (Fsp3) is 0.917. The van der Waals surface area contributed by atoms with Crippen LogP contribution in [0.25, 0.3) is 0 Å². The van der Waals surface area contributed by atoms with E-state index >= 15 is 0 Å². The van der Waals surface area contributed by atoms with Crippen molar-refractivity contribution >= 4 is 6.09 Å².